The van der Waals surface area contributed by atoms with Crippen LogP contribution in [0.5, 0.6) is 11.5 Å². The Hall–Kier alpha value is -3.67. The maximum absolute atomic E-state index is 12.1. The molecule has 5 atom stereocenters. The summed E-state index contributed by atoms with van der Waals surface area (Å²) in [6.07, 6.45) is -6.99. The number of ketones is 1. The summed E-state index contributed by atoms with van der Waals surface area (Å²) >= 11 is 0. The van der Waals surface area contributed by atoms with Crippen molar-refractivity contribution < 1.29 is 57.5 Å². The molecular formula is C22H26O12. The van der Waals surface area contributed by atoms with Gasteiger partial charge in [0.1, 0.15) is 29.8 Å². The molecule has 1 aromatic rings. The highest BCUT2D eigenvalue weighted by Gasteiger charge is 2.53. The summed E-state index contributed by atoms with van der Waals surface area (Å²) in [7, 11) is 0. The van der Waals surface area contributed by atoms with Crippen molar-refractivity contribution >= 4 is 29.7 Å². The zero-order valence-electron chi connectivity index (χ0n) is 19.3. The van der Waals surface area contributed by atoms with E-state index in [9.17, 15) is 29.1 Å². The Kier molecular flexibility index (Phi) is 8.96. The van der Waals surface area contributed by atoms with Crippen molar-refractivity contribution in [1.29, 1.82) is 0 Å². The average molecular weight is 482 g/mol. The number of benzene rings is 1. The fourth-order valence-electron chi connectivity index (χ4n) is 3.38. The van der Waals surface area contributed by atoms with E-state index in [0.29, 0.717) is 0 Å². The van der Waals surface area contributed by atoms with Crippen LogP contribution >= 0.6 is 0 Å². The van der Waals surface area contributed by atoms with Crippen molar-refractivity contribution in [3.8, 4) is 11.5 Å². The van der Waals surface area contributed by atoms with Gasteiger partial charge in [0.05, 0.1) is 0 Å². The van der Waals surface area contributed by atoms with Crippen molar-refractivity contribution in [1.82, 2.24) is 0 Å². The Bertz CT molecular complexity index is 955. The predicted octanol–water partition coefficient (Wildman–Crippen LogP) is 1.06. The molecule has 0 radical (unpaired) electrons. The molecule has 1 fully saturated rings. The lowest BCUT2D eigenvalue weighted by Crippen LogP contribution is -2.63. The number of ether oxygens (including phenoxy) is 6. The van der Waals surface area contributed by atoms with Gasteiger partial charge in [-0.3, -0.25) is 24.0 Å². The molecule has 1 saturated heterocycles. The lowest BCUT2D eigenvalue weighted by Gasteiger charge is -2.44. The Morgan fingerprint density at radius 1 is 0.824 bits per heavy atom. The van der Waals surface area contributed by atoms with Gasteiger partial charge in [0, 0.05) is 27.7 Å². The van der Waals surface area contributed by atoms with Crippen molar-refractivity contribution in [2.45, 2.75) is 65.3 Å². The number of phenols is 1. The average Bonchev–Trinajstić information content (AvgIpc) is 2.69. The molecule has 0 unspecified atom stereocenters. The van der Waals surface area contributed by atoms with Gasteiger partial charge < -0.3 is 33.5 Å². The van der Waals surface area contributed by atoms with Crippen molar-refractivity contribution in [2.75, 3.05) is 6.61 Å². The molecule has 12 nitrogen and oxygen atoms in total. The van der Waals surface area contributed by atoms with Gasteiger partial charge in [-0.1, -0.05) is 6.07 Å². The second kappa shape index (κ2) is 11.5. The molecule has 186 valence electrons. The van der Waals surface area contributed by atoms with E-state index in [-0.39, 0.29) is 17.1 Å². The number of Topliss-reactive ketones (excluding diaryl/α,β-unsaturated/α-hetero) is 1. The van der Waals surface area contributed by atoms with Crippen molar-refractivity contribution in [3.63, 3.8) is 0 Å². The van der Waals surface area contributed by atoms with E-state index >= 15 is 0 Å². The summed E-state index contributed by atoms with van der Waals surface area (Å²) in [6.45, 7) is 5.19. The molecule has 1 aromatic carbocycles. The van der Waals surface area contributed by atoms with E-state index in [2.05, 4.69) is 0 Å². The minimum Gasteiger partial charge on any atom is -0.507 e. The van der Waals surface area contributed by atoms with Gasteiger partial charge in [-0.2, -0.15) is 0 Å². The molecule has 1 aliphatic rings. The van der Waals surface area contributed by atoms with Crippen LogP contribution in [-0.2, 0) is 42.9 Å². The maximum atomic E-state index is 12.1. The zero-order chi connectivity index (χ0) is 25.6. The normalized spacial score (nSPS) is 23.9. The molecule has 0 aliphatic carbocycles. The van der Waals surface area contributed by atoms with E-state index in [1.807, 2.05) is 0 Å². The Balaban J connectivity index is 2.55. The van der Waals surface area contributed by atoms with Crippen molar-refractivity contribution in [2.24, 2.45) is 0 Å². The minimum absolute atomic E-state index is 0.117. The molecule has 1 aliphatic heterocycles. The smallest absolute Gasteiger partial charge is 0.303 e. The van der Waals surface area contributed by atoms with Crippen LogP contribution in [0.4, 0.5) is 0 Å². The van der Waals surface area contributed by atoms with E-state index in [0.717, 1.165) is 27.7 Å². The fourth-order valence-corrected chi connectivity index (χ4v) is 3.38. The van der Waals surface area contributed by atoms with Gasteiger partial charge in [0.15, 0.2) is 18.0 Å². The number of hydrogen-bond acceptors (Lipinski definition) is 12. The third kappa shape index (κ3) is 6.91. The minimum atomic E-state index is -1.53. The van der Waals surface area contributed by atoms with Gasteiger partial charge in [0.2, 0.25) is 12.4 Å². The first-order valence-electron chi connectivity index (χ1n) is 10.2. The second-order valence-electron chi connectivity index (χ2n) is 7.39. The van der Waals surface area contributed by atoms with Crippen LogP contribution in [0.25, 0.3) is 0 Å². The van der Waals surface area contributed by atoms with Crippen molar-refractivity contribution in [3.05, 3.63) is 23.8 Å². The monoisotopic (exact) mass is 482 g/mol. The highest BCUT2D eigenvalue weighted by atomic mass is 16.7. The lowest BCUT2D eigenvalue weighted by atomic mass is 9.98. The predicted molar refractivity (Wildman–Crippen MR) is 111 cm³/mol. The largest absolute Gasteiger partial charge is 0.507 e. The summed E-state index contributed by atoms with van der Waals surface area (Å²) < 4.78 is 32.5. The highest BCUT2D eigenvalue weighted by molar-refractivity contribution is 5.99. The summed E-state index contributed by atoms with van der Waals surface area (Å²) in [5, 5.41) is 10.1. The quantitative estimate of drug-likeness (QED) is 0.319. The third-order valence-electron chi connectivity index (χ3n) is 4.55. The molecule has 1 heterocycles. The van der Waals surface area contributed by atoms with E-state index in [1.165, 1.54) is 25.1 Å². The van der Waals surface area contributed by atoms with Gasteiger partial charge in [-0.15, -0.1) is 0 Å². The molecule has 34 heavy (non-hydrogen) atoms. The van der Waals surface area contributed by atoms with E-state index < -0.39 is 67.0 Å². The standard InChI is InChI=1S/C22H26O12/c1-10(23)18-15(28)7-6-8-16(18)33-22-21(32-14(5)27)20(31-13(4)26)19(30-12(3)25)17(34-22)9-29-11(2)24/h6-8,17,19-22,28H,9H2,1-5H3/t17-,19+,20-,21+,22-/m0/s1. The summed E-state index contributed by atoms with van der Waals surface area (Å²) in [6, 6.07) is 4.05. The van der Waals surface area contributed by atoms with E-state index in [1.54, 1.807) is 0 Å². The maximum Gasteiger partial charge on any atom is 0.303 e. The second-order valence-corrected chi connectivity index (χ2v) is 7.39. The molecule has 0 saturated carbocycles. The number of carbonyl (C=O) groups is 5. The van der Waals surface area contributed by atoms with Gasteiger partial charge in [0.25, 0.3) is 0 Å². The number of aromatic hydroxyl groups is 1. The van der Waals surface area contributed by atoms with Gasteiger partial charge in [-0.05, 0) is 19.1 Å². The highest BCUT2D eigenvalue weighted by Crippen LogP contribution is 2.34. The first-order chi connectivity index (χ1) is 15.9. The lowest BCUT2D eigenvalue weighted by molar-refractivity contribution is -0.288. The topological polar surface area (TPSA) is 161 Å². The number of esters is 4. The first kappa shape index (κ1) is 26.6. The van der Waals surface area contributed by atoms with Gasteiger partial charge in [-0.25, -0.2) is 0 Å². The molecule has 1 N–H and O–H groups in total. The van der Waals surface area contributed by atoms with Gasteiger partial charge >= 0.3 is 23.9 Å². The molecule has 2 rings (SSSR count). The summed E-state index contributed by atoms with van der Waals surface area (Å²) in [4.78, 5) is 58.9. The van der Waals surface area contributed by atoms with Crippen LogP contribution in [0, 0.1) is 0 Å². The SMILES string of the molecule is CC(=O)OC[C@@H]1O[C@H](Oc2cccc(O)c2C(C)=O)[C@H](OC(C)=O)[C@@H](OC(C)=O)[C@@H]1OC(C)=O. The molecule has 0 amide bonds. The van der Waals surface area contributed by atoms with Crippen LogP contribution < -0.4 is 4.74 Å². The molecule has 0 spiro atoms. The number of carbonyl (C=O) groups excluding carboxylic acids is 5. The van der Waals surface area contributed by atoms with Crippen LogP contribution in [0.1, 0.15) is 45.0 Å². The first-order valence-corrected chi connectivity index (χ1v) is 10.2. The number of phenolic OH excluding ortho intramolecular Hbond substituents is 1. The molecular weight excluding hydrogens is 456 g/mol. The summed E-state index contributed by atoms with van der Waals surface area (Å²) in [5.74, 6) is -4.05. The third-order valence-corrected chi connectivity index (χ3v) is 4.55. The molecule has 0 bridgehead atoms. The van der Waals surface area contributed by atoms with Crippen LogP contribution in [-0.4, -0.2) is 72.1 Å². The van der Waals surface area contributed by atoms with Crippen LogP contribution in [0.2, 0.25) is 0 Å². The Labute approximate surface area is 195 Å². The molecule has 0 aromatic heterocycles. The zero-order valence-corrected chi connectivity index (χ0v) is 19.3. The Morgan fingerprint density at radius 2 is 1.38 bits per heavy atom. The molecule has 12 heteroatoms. The number of hydrogen-bond donors (Lipinski definition) is 1. The number of rotatable bonds is 8. The Morgan fingerprint density at radius 3 is 1.91 bits per heavy atom. The van der Waals surface area contributed by atoms with Crippen LogP contribution in [0.3, 0.4) is 0 Å². The summed E-state index contributed by atoms with van der Waals surface area (Å²) in [5.41, 5.74) is -0.171. The fraction of sp³-hybridized carbons (Fsp3) is 0.500. The van der Waals surface area contributed by atoms with Crippen LogP contribution in [0.15, 0.2) is 18.2 Å². The van der Waals surface area contributed by atoms with E-state index in [4.69, 9.17) is 28.4 Å².